The summed E-state index contributed by atoms with van der Waals surface area (Å²) in [5.74, 6) is 6.14. The van der Waals surface area contributed by atoms with E-state index in [4.69, 9.17) is 5.53 Å². The second kappa shape index (κ2) is 10.4. The van der Waals surface area contributed by atoms with Gasteiger partial charge in [-0.15, -0.1) is 0 Å². The van der Waals surface area contributed by atoms with Crippen LogP contribution < -0.4 is 10.4 Å². The SMILES string of the molecule is CC.Cc1cc(C)c2c(c1)=CCC#CC=2.Cc1cc2ccccc2c(N=N)c1C. The molecule has 4 rings (SSSR count). The van der Waals surface area contributed by atoms with Crippen LogP contribution in [0, 0.1) is 45.1 Å². The molecule has 0 saturated heterocycles. The molecule has 0 saturated carbocycles. The van der Waals surface area contributed by atoms with Crippen LogP contribution in [0.4, 0.5) is 5.69 Å². The molecule has 2 heteroatoms. The van der Waals surface area contributed by atoms with Crippen molar-refractivity contribution in [1.82, 2.24) is 0 Å². The van der Waals surface area contributed by atoms with E-state index in [1.54, 1.807) is 0 Å². The van der Waals surface area contributed by atoms with Gasteiger partial charge in [0.25, 0.3) is 0 Å². The van der Waals surface area contributed by atoms with Gasteiger partial charge in [0.1, 0.15) is 0 Å². The summed E-state index contributed by atoms with van der Waals surface area (Å²) < 4.78 is 0. The van der Waals surface area contributed by atoms with E-state index in [0.29, 0.717) is 0 Å². The van der Waals surface area contributed by atoms with Gasteiger partial charge >= 0.3 is 0 Å². The van der Waals surface area contributed by atoms with Gasteiger partial charge in [-0.25, -0.2) is 5.53 Å². The van der Waals surface area contributed by atoms with Crippen LogP contribution in [0.5, 0.6) is 0 Å². The van der Waals surface area contributed by atoms with Gasteiger partial charge < -0.3 is 0 Å². The standard InChI is InChI=1S/C13H12.C12H12N2.C2H6/c1-10-8-11(2)13-7-5-3-4-6-12(13)9-10;1-8-7-10-5-3-4-6-11(10)12(14-13)9(8)2;1-2/h6-9H,4H2,1-2H3;3-7,13H,1-2H3;1-2H3. The van der Waals surface area contributed by atoms with Crippen molar-refractivity contribution >= 4 is 28.6 Å². The van der Waals surface area contributed by atoms with Crippen molar-refractivity contribution < 1.29 is 0 Å². The number of fused-ring (bicyclic) bond motifs is 2. The van der Waals surface area contributed by atoms with E-state index in [0.717, 1.165) is 28.4 Å². The summed E-state index contributed by atoms with van der Waals surface area (Å²) in [4.78, 5) is 0. The van der Waals surface area contributed by atoms with Gasteiger partial charge in [-0.2, -0.15) is 5.11 Å². The third kappa shape index (κ3) is 5.21. The Morgan fingerprint density at radius 3 is 2.38 bits per heavy atom. The Bertz CT molecular complexity index is 1210. The molecule has 1 aliphatic rings. The maximum absolute atomic E-state index is 7.19. The molecule has 0 spiro atoms. The van der Waals surface area contributed by atoms with Crippen molar-refractivity contribution in [2.45, 2.75) is 48.0 Å². The number of aryl methyl sites for hydroxylation is 3. The molecule has 29 heavy (non-hydrogen) atoms. The van der Waals surface area contributed by atoms with E-state index in [1.807, 2.05) is 45.0 Å². The molecule has 0 fully saturated rings. The Morgan fingerprint density at radius 2 is 1.66 bits per heavy atom. The summed E-state index contributed by atoms with van der Waals surface area (Å²) in [5.41, 5.74) is 12.9. The van der Waals surface area contributed by atoms with Crippen molar-refractivity contribution in [3.8, 4) is 11.8 Å². The highest BCUT2D eigenvalue weighted by Gasteiger charge is 2.05. The summed E-state index contributed by atoms with van der Waals surface area (Å²) in [7, 11) is 0. The lowest BCUT2D eigenvalue weighted by Crippen LogP contribution is -2.27. The first kappa shape index (κ1) is 22.1. The molecule has 1 aliphatic carbocycles. The highest BCUT2D eigenvalue weighted by molar-refractivity contribution is 5.94. The van der Waals surface area contributed by atoms with Gasteiger partial charge in [-0.3, -0.25) is 0 Å². The van der Waals surface area contributed by atoms with Gasteiger partial charge in [0.15, 0.2) is 0 Å². The van der Waals surface area contributed by atoms with Crippen LogP contribution in [0.1, 0.15) is 42.5 Å². The normalized spacial score (nSPS) is 11.0. The summed E-state index contributed by atoms with van der Waals surface area (Å²) in [6, 6.07) is 14.6. The highest BCUT2D eigenvalue weighted by Crippen LogP contribution is 2.31. The van der Waals surface area contributed by atoms with Gasteiger partial charge in [0, 0.05) is 11.8 Å². The van der Waals surface area contributed by atoms with Crippen molar-refractivity contribution in [3.63, 3.8) is 0 Å². The molecule has 0 bridgehead atoms. The third-order valence-electron chi connectivity index (χ3n) is 4.95. The molecule has 148 valence electrons. The van der Waals surface area contributed by atoms with Gasteiger partial charge in [-0.05, 0) is 66.3 Å². The van der Waals surface area contributed by atoms with Gasteiger partial charge in [-0.1, -0.05) is 79.8 Å². The molecule has 3 aromatic rings. The first-order chi connectivity index (χ1) is 14.0. The monoisotopic (exact) mass is 382 g/mol. The predicted octanol–water partition coefficient (Wildman–Crippen LogP) is 6.42. The van der Waals surface area contributed by atoms with Crippen LogP contribution in [-0.2, 0) is 0 Å². The van der Waals surface area contributed by atoms with Crippen molar-refractivity contribution in [2.24, 2.45) is 5.11 Å². The lowest BCUT2D eigenvalue weighted by atomic mass is 10.0. The first-order valence-electron chi connectivity index (χ1n) is 10.1. The smallest absolute Gasteiger partial charge is 0.0959 e. The number of benzene rings is 3. The highest BCUT2D eigenvalue weighted by atomic mass is 15.0. The maximum Gasteiger partial charge on any atom is 0.0959 e. The lowest BCUT2D eigenvalue weighted by Gasteiger charge is -2.07. The minimum atomic E-state index is 0.792. The third-order valence-corrected chi connectivity index (χ3v) is 4.95. The number of hydrogen-bond acceptors (Lipinski definition) is 2. The molecule has 0 radical (unpaired) electrons. The Kier molecular flexibility index (Phi) is 7.92. The molecule has 1 N–H and O–H groups in total. The topological polar surface area (TPSA) is 36.2 Å². The molecule has 0 unspecified atom stereocenters. The number of hydrogen-bond donors (Lipinski definition) is 1. The molecule has 0 aliphatic heterocycles. The van der Waals surface area contributed by atoms with Crippen LogP contribution in [0.15, 0.2) is 47.6 Å². The second-order valence-electron chi connectivity index (χ2n) is 6.96. The average molecular weight is 383 g/mol. The molecule has 2 nitrogen and oxygen atoms in total. The molecular formula is C27H30N2. The van der Waals surface area contributed by atoms with Crippen LogP contribution in [0.2, 0.25) is 0 Å². The average Bonchev–Trinajstić information content (AvgIpc) is 2.97. The lowest BCUT2D eigenvalue weighted by molar-refractivity contribution is 1.13. The van der Waals surface area contributed by atoms with Crippen molar-refractivity contribution in [1.29, 1.82) is 5.53 Å². The van der Waals surface area contributed by atoms with E-state index >= 15 is 0 Å². The largest absolute Gasteiger partial charge is 0.204 e. The van der Waals surface area contributed by atoms with E-state index in [9.17, 15) is 0 Å². The Labute approximate surface area is 174 Å². The molecular weight excluding hydrogens is 352 g/mol. The Balaban J connectivity index is 0.000000191. The Morgan fingerprint density at radius 1 is 0.931 bits per heavy atom. The summed E-state index contributed by atoms with van der Waals surface area (Å²) in [5, 5.41) is 8.43. The van der Waals surface area contributed by atoms with Crippen LogP contribution in [0.3, 0.4) is 0 Å². The minimum Gasteiger partial charge on any atom is -0.204 e. The fraction of sp³-hybridized carbons (Fsp3) is 0.259. The molecule has 0 aromatic heterocycles. The molecule has 0 amide bonds. The second-order valence-corrected chi connectivity index (χ2v) is 6.96. The molecule has 0 heterocycles. The zero-order chi connectivity index (χ0) is 21.4. The van der Waals surface area contributed by atoms with Gasteiger partial charge in [0.2, 0.25) is 0 Å². The zero-order valence-corrected chi connectivity index (χ0v) is 18.4. The minimum absolute atomic E-state index is 0.792. The number of rotatable bonds is 1. The summed E-state index contributed by atoms with van der Waals surface area (Å²) in [6.07, 6.45) is 5.09. The summed E-state index contributed by atoms with van der Waals surface area (Å²) in [6.45, 7) is 12.3. The maximum atomic E-state index is 7.19. The van der Waals surface area contributed by atoms with E-state index in [2.05, 4.69) is 68.1 Å². The Hall–Kier alpha value is -3.18. The van der Waals surface area contributed by atoms with Crippen molar-refractivity contribution in [2.75, 3.05) is 0 Å². The summed E-state index contributed by atoms with van der Waals surface area (Å²) >= 11 is 0. The fourth-order valence-corrected chi connectivity index (χ4v) is 3.43. The van der Waals surface area contributed by atoms with Crippen LogP contribution >= 0.6 is 0 Å². The number of nitrogens with one attached hydrogen (secondary N) is 1. The first-order valence-corrected chi connectivity index (χ1v) is 10.1. The number of nitrogens with zero attached hydrogens (tertiary/aromatic N) is 1. The van der Waals surface area contributed by atoms with Crippen molar-refractivity contribution in [3.05, 3.63) is 75.2 Å². The van der Waals surface area contributed by atoms with E-state index in [1.165, 1.54) is 27.1 Å². The van der Waals surface area contributed by atoms with E-state index in [-0.39, 0.29) is 0 Å². The fourth-order valence-electron chi connectivity index (χ4n) is 3.43. The van der Waals surface area contributed by atoms with Crippen LogP contribution in [0.25, 0.3) is 22.9 Å². The van der Waals surface area contributed by atoms with E-state index < -0.39 is 0 Å². The molecule has 3 aromatic carbocycles. The molecule has 0 atom stereocenters. The predicted molar refractivity (Wildman–Crippen MR) is 126 cm³/mol. The quantitative estimate of drug-likeness (QED) is 0.372. The van der Waals surface area contributed by atoms with Gasteiger partial charge in [0.05, 0.1) is 5.69 Å². The van der Waals surface area contributed by atoms with Crippen LogP contribution in [-0.4, -0.2) is 0 Å². The zero-order valence-electron chi connectivity index (χ0n) is 18.4.